The molecule has 2 saturated heterocycles. The number of nitrogens with zero attached hydrogens (tertiary/aromatic N) is 4. The maximum atomic E-state index is 14.0. The second-order valence-corrected chi connectivity index (χ2v) is 9.06. The summed E-state index contributed by atoms with van der Waals surface area (Å²) in [6, 6.07) is 8.60. The van der Waals surface area contributed by atoms with Gasteiger partial charge in [0.25, 0.3) is 11.3 Å². The number of ether oxygens (including phenoxy) is 2. The van der Waals surface area contributed by atoms with Gasteiger partial charge in [-0.15, -0.1) is 0 Å². The van der Waals surface area contributed by atoms with Crippen LogP contribution < -0.4 is 9.47 Å². The van der Waals surface area contributed by atoms with Crippen molar-refractivity contribution in [1.29, 1.82) is 0 Å². The molecule has 2 aromatic carbocycles. The quantitative estimate of drug-likeness (QED) is 0.651. The largest absolute Gasteiger partial charge is 0.496 e. The topological polar surface area (TPSA) is 140 Å². The van der Waals surface area contributed by atoms with Crippen molar-refractivity contribution in [3.63, 3.8) is 0 Å². The zero-order valence-corrected chi connectivity index (χ0v) is 19.4. The molecule has 4 aliphatic heterocycles. The van der Waals surface area contributed by atoms with E-state index in [9.17, 15) is 29.4 Å². The molecule has 2 aromatic rings. The van der Waals surface area contributed by atoms with Gasteiger partial charge in [-0.25, -0.2) is 19.2 Å². The Morgan fingerprint density at radius 2 is 1.06 bits per heavy atom. The Morgan fingerprint density at radius 3 is 1.39 bits per heavy atom. The average Bonchev–Trinajstić information content (AvgIpc) is 3.05. The molecule has 4 aliphatic rings. The number of hydrogen-bond donors (Lipinski definition) is 2. The third kappa shape index (κ3) is 2.20. The summed E-state index contributed by atoms with van der Waals surface area (Å²) in [6.07, 6.45) is 0. The van der Waals surface area contributed by atoms with Crippen molar-refractivity contribution in [3.05, 3.63) is 58.7 Å². The minimum Gasteiger partial charge on any atom is -0.496 e. The predicted molar refractivity (Wildman–Crippen MR) is 120 cm³/mol. The van der Waals surface area contributed by atoms with E-state index < -0.39 is 35.3 Å². The lowest BCUT2D eigenvalue weighted by Gasteiger charge is -2.42. The van der Waals surface area contributed by atoms with Gasteiger partial charge in [0.1, 0.15) is 11.5 Å². The molecular formula is C24H22N4O8. The third-order valence-electron chi connectivity index (χ3n) is 7.76. The number of carbonyl (C=O) groups is 4. The minimum absolute atomic E-state index is 0.174. The summed E-state index contributed by atoms with van der Waals surface area (Å²) in [7, 11) is 2.87. The maximum absolute atomic E-state index is 14.0. The van der Waals surface area contributed by atoms with E-state index >= 15 is 0 Å². The van der Waals surface area contributed by atoms with Gasteiger partial charge < -0.3 is 19.7 Å². The molecule has 2 N–H and O–H groups in total. The number of urea groups is 2. The first-order valence-corrected chi connectivity index (χ1v) is 11.2. The van der Waals surface area contributed by atoms with Gasteiger partial charge in [0.05, 0.1) is 40.4 Å². The number of methoxy groups -OCH3 is 2. The van der Waals surface area contributed by atoms with Crippen LogP contribution in [0.25, 0.3) is 0 Å². The van der Waals surface area contributed by atoms with Crippen LogP contribution in [0.15, 0.2) is 36.4 Å². The molecule has 0 bridgehead atoms. The van der Waals surface area contributed by atoms with Gasteiger partial charge in [-0.3, -0.25) is 19.6 Å². The molecule has 6 rings (SSSR count). The molecule has 0 aromatic heterocycles. The Morgan fingerprint density at radius 1 is 0.694 bits per heavy atom. The Hall–Kier alpha value is -4.48. The highest BCUT2D eigenvalue weighted by Gasteiger charge is 2.87. The highest BCUT2D eigenvalue weighted by Crippen LogP contribution is 2.57. The van der Waals surface area contributed by atoms with Crippen molar-refractivity contribution in [3.8, 4) is 11.5 Å². The molecule has 12 heteroatoms. The van der Waals surface area contributed by atoms with Crippen molar-refractivity contribution in [1.82, 2.24) is 19.6 Å². The Bertz CT molecular complexity index is 1290. The normalized spacial score (nSPS) is 25.6. The molecule has 0 saturated carbocycles. The lowest BCUT2D eigenvalue weighted by atomic mass is 9.91. The van der Waals surface area contributed by atoms with E-state index in [1.807, 2.05) is 0 Å². The molecule has 0 aliphatic carbocycles. The van der Waals surface area contributed by atoms with Gasteiger partial charge in [0, 0.05) is 11.1 Å². The van der Waals surface area contributed by atoms with Crippen LogP contribution in [0.5, 0.6) is 11.5 Å². The average molecular weight is 494 g/mol. The van der Waals surface area contributed by atoms with E-state index in [4.69, 9.17) is 9.47 Å². The van der Waals surface area contributed by atoms with E-state index in [0.29, 0.717) is 33.8 Å². The van der Waals surface area contributed by atoms with Gasteiger partial charge in [-0.1, -0.05) is 24.3 Å². The third-order valence-corrected chi connectivity index (χ3v) is 7.76. The number of amides is 4. The van der Waals surface area contributed by atoms with E-state index in [-0.39, 0.29) is 26.2 Å². The van der Waals surface area contributed by atoms with E-state index in [0.717, 1.165) is 19.6 Å². The molecule has 0 radical (unpaired) electrons. The van der Waals surface area contributed by atoms with Gasteiger partial charge in [-0.2, -0.15) is 0 Å². The first-order chi connectivity index (χ1) is 17.2. The van der Waals surface area contributed by atoms with Crippen LogP contribution in [-0.4, -0.2) is 79.4 Å². The fraction of sp³-hybridized carbons (Fsp3) is 0.333. The van der Waals surface area contributed by atoms with Crippen LogP contribution >= 0.6 is 0 Å². The maximum Gasteiger partial charge on any atom is 0.356 e. The molecule has 0 spiro atoms. The Kier molecular flexibility index (Phi) is 4.30. The summed E-state index contributed by atoms with van der Waals surface area (Å²) in [5.74, 6) is -2.49. The summed E-state index contributed by atoms with van der Waals surface area (Å²) in [5.41, 5.74) is -2.91. The second kappa shape index (κ2) is 7.03. The SMILES string of the molecule is COc1ccc(OC)c2c1CN1C(=O)N3Cc4ccccc4CN4C(=O)N(C2)C1(C(=O)O)C34C(=O)O. The molecule has 36 heavy (non-hydrogen) atoms. The van der Waals surface area contributed by atoms with Crippen LogP contribution in [0.3, 0.4) is 0 Å². The van der Waals surface area contributed by atoms with Crippen LogP contribution in [-0.2, 0) is 35.8 Å². The second-order valence-electron chi connectivity index (χ2n) is 9.06. The Labute approximate surface area is 204 Å². The van der Waals surface area contributed by atoms with Gasteiger partial charge in [-0.05, 0) is 23.3 Å². The van der Waals surface area contributed by atoms with E-state index in [1.165, 1.54) is 14.2 Å². The first-order valence-electron chi connectivity index (χ1n) is 11.2. The Balaban J connectivity index is 1.70. The number of carbonyl (C=O) groups excluding carboxylic acids is 2. The lowest BCUT2D eigenvalue weighted by Crippen LogP contribution is -2.74. The fourth-order valence-electron chi connectivity index (χ4n) is 6.28. The van der Waals surface area contributed by atoms with E-state index in [2.05, 4.69) is 0 Å². The van der Waals surface area contributed by atoms with Gasteiger partial charge >= 0.3 is 24.0 Å². The van der Waals surface area contributed by atoms with E-state index in [1.54, 1.807) is 36.4 Å². The highest BCUT2D eigenvalue weighted by atomic mass is 16.5. The summed E-state index contributed by atoms with van der Waals surface area (Å²) in [5, 5.41) is 21.5. The van der Waals surface area contributed by atoms with Gasteiger partial charge in [0.15, 0.2) is 0 Å². The molecule has 4 heterocycles. The van der Waals surface area contributed by atoms with Crippen molar-refractivity contribution < 1.29 is 38.9 Å². The number of carboxylic acid groups (broad SMARTS) is 2. The predicted octanol–water partition coefficient (Wildman–Crippen LogP) is 1.47. The van der Waals surface area contributed by atoms with Crippen molar-refractivity contribution in [2.75, 3.05) is 14.2 Å². The number of benzene rings is 2. The van der Waals surface area contributed by atoms with Crippen LogP contribution in [0.1, 0.15) is 22.3 Å². The molecule has 0 unspecified atom stereocenters. The number of carboxylic acids is 2. The fourth-order valence-corrected chi connectivity index (χ4v) is 6.28. The van der Waals surface area contributed by atoms with Crippen molar-refractivity contribution in [2.24, 2.45) is 0 Å². The van der Waals surface area contributed by atoms with Crippen LogP contribution in [0, 0.1) is 0 Å². The monoisotopic (exact) mass is 494 g/mol. The summed E-state index contributed by atoms with van der Waals surface area (Å²) in [6.45, 7) is -0.948. The number of fused-ring (bicyclic) bond motifs is 2. The minimum atomic E-state index is -2.55. The molecule has 2 fully saturated rings. The van der Waals surface area contributed by atoms with Crippen LogP contribution in [0.2, 0.25) is 0 Å². The summed E-state index contributed by atoms with van der Waals surface area (Å²) < 4.78 is 11.0. The summed E-state index contributed by atoms with van der Waals surface area (Å²) in [4.78, 5) is 58.5. The highest BCUT2D eigenvalue weighted by molar-refractivity contribution is 6.09. The number of rotatable bonds is 4. The summed E-state index contributed by atoms with van der Waals surface area (Å²) >= 11 is 0. The van der Waals surface area contributed by atoms with Gasteiger partial charge in [0.2, 0.25) is 0 Å². The number of aliphatic carboxylic acids is 2. The zero-order chi connectivity index (χ0) is 25.6. The lowest BCUT2D eigenvalue weighted by molar-refractivity contribution is -0.184. The molecule has 4 amide bonds. The smallest absolute Gasteiger partial charge is 0.356 e. The first kappa shape index (κ1) is 22.0. The van der Waals surface area contributed by atoms with Crippen molar-refractivity contribution >= 4 is 24.0 Å². The number of hydrogen-bond acceptors (Lipinski definition) is 6. The zero-order valence-electron chi connectivity index (χ0n) is 19.4. The molecule has 186 valence electrons. The molecule has 12 nitrogen and oxygen atoms in total. The molecule has 0 atom stereocenters. The molecular weight excluding hydrogens is 472 g/mol. The van der Waals surface area contributed by atoms with Crippen molar-refractivity contribution in [2.45, 2.75) is 37.5 Å². The van der Waals surface area contributed by atoms with Crippen LogP contribution in [0.4, 0.5) is 9.59 Å². The standard InChI is InChI=1S/C24H22N4O8/c1-35-17-7-8-18(36-2)16-12-28-22(34)26-10-14-6-4-3-5-13(14)9-25-21(33)27(11-15(16)17)24(28,20(31)32)23(25,26)19(29)30/h3-8H,9-12H2,1-2H3,(H,29,30)(H,31,32).